The third-order valence-electron chi connectivity index (χ3n) is 7.44. The lowest BCUT2D eigenvalue weighted by Crippen LogP contribution is -1.84. The summed E-state index contributed by atoms with van der Waals surface area (Å²) in [6, 6.07) is 58.7. The highest BCUT2D eigenvalue weighted by Crippen LogP contribution is 2.06. The van der Waals surface area contributed by atoms with E-state index in [2.05, 4.69) is 0 Å². The lowest BCUT2D eigenvalue weighted by molar-refractivity contribution is -0.111. The molecule has 54 heavy (non-hydrogen) atoms. The second kappa shape index (κ2) is 24.0. The SMILES string of the molecule is O=C(/C=C/c1ccccc1)/C=C/c1ccccc1.O=C(/C=C\c1ccccc1)/C=C/c1ccccc1.O=C(/C=C\c1ccccc1)/C=C/c1ccccc1. The fourth-order valence-corrected chi connectivity index (χ4v) is 4.62. The average molecular weight is 703 g/mol. The Kier molecular flexibility index (Phi) is 17.6. The summed E-state index contributed by atoms with van der Waals surface area (Å²) in [5.41, 5.74) is 6.16. The Morgan fingerprint density at radius 3 is 0.481 bits per heavy atom. The van der Waals surface area contributed by atoms with E-state index in [-0.39, 0.29) is 17.3 Å². The van der Waals surface area contributed by atoms with Gasteiger partial charge in [-0.3, -0.25) is 14.4 Å². The summed E-state index contributed by atoms with van der Waals surface area (Å²) in [5.74, 6) is -0.0341. The molecule has 3 heteroatoms. The van der Waals surface area contributed by atoms with Crippen molar-refractivity contribution in [3.8, 4) is 0 Å². The van der Waals surface area contributed by atoms with Gasteiger partial charge in [0, 0.05) is 0 Å². The number of benzene rings is 6. The minimum absolute atomic E-state index is 0.0114. The minimum atomic E-state index is -0.0114. The van der Waals surface area contributed by atoms with Gasteiger partial charge in [-0.15, -0.1) is 0 Å². The van der Waals surface area contributed by atoms with E-state index in [1.54, 1.807) is 36.5 Å². The van der Waals surface area contributed by atoms with E-state index in [1.165, 1.54) is 0 Å². The van der Waals surface area contributed by atoms with E-state index >= 15 is 0 Å². The molecule has 0 bridgehead atoms. The molecule has 264 valence electrons. The first-order chi connectivity index (χ1) is 26.5. The normalized spacial score (nSPS) is 11.1. The van der Waals surface area contributed by atoms with E-state index in [9.17, 15) is 14.4 Å². The number of hydrogen-bond acceptors (Lipinski definition) is 3. The van der Waals surface area contributed by atoms with Crippen molar-refractivity contribution in [3.63, 3.8) is 0 Å². The number of ketones is 3. The second-order valence-electron chi connectivity index (χ2n) is 11.7. The van der Waals surface area contributed by atoms with Gasteiger partial charge in [0.15, 0.2) is 17.3 Å². The number of hydrogen-bond donors (Lipinski definition) is 0. The summed E-state index contributed by atoms with van der Waals surface area (Å²) in [6.45, 7) is 0. The molecule has 0 aliphatic heterocycles. The molecule has 6 rings (SSSR count). The Bertz CT molecular complexity index is 1750. The van der Waals surface area contributed by atoms with Crippen LogP contribution in [0.5, 0.6) is 0 Å². The van der Waals surface area contributed by atoms with Crippen LogP contribution >= 0.6 is 0 Å². The third kappa shape index (κ3) is 17.1. The predicted octanol–water partition coefficient (Wildman–Crippen LogP) is 11.9. The topological polar surface area (TPSA) is 51.2 Å². The molecule has 6 aromatic carbocycles. The summed E-state index contributed by atoms with van der Waals surface area (Å²) < 4.78 is 0. The van der Waals surface area contributed by atoms with Crippen LogP contribution in [0, 0.1) is 0 Å². The monoisotopic (exact) mass is 702 g/mol. The smallest absolute Gasteiger partial charge is 0.178 e. The van der Waals surface area contributed by atoms with Gasteiger partial charge in [-0.1, -0.05) is 218 Å². The first kappa shape index (κ1) is 39.6. The van der Waals surface area contributed by atoms with Crippen molar-refractivity contribution in [2.75, 3.05) is 0 Å². The van der Waals surface area contributed by atoms with Crippen LogP contribution in [-0.2, 0) is 14.4 Å². The fourth-order valence-electron chi connectivity index (χ4n) is 4.62. The Labute approximate surface area is 319 Å². The quantitative estimate of drug-likeness (QED) is 0.119. The number of allylic oxidation sites excluding steroid dienone is 6. The van der Waals surface area contributed by atoms with E-state index in [4.69, 9.17) is 0 Å². The van der Waals surface area contributed by atoms with Gasteiger partial charge in [0.1, 0.15) is 0 Å². The summed E-state index contributed by atoms with van der Waals surface area (Å²) in [5, 5.41) is 0. The molecule has 6 aromatic rings. The van der Waals surface area contributed by atoms with Crippen molar-refractivity contribution in [1.82, 2.24) is 0 Å². The molecule has 0 amide bonds. The van der Waals surface area contributed by atoms with Crippen LogP contribution in [0.25, 0.3) is 36.5 Å². The van der Waals surface area contributed by atoms with Gasteiger partial charge in [0.05, 0.1) is 0 Å². The molecule has 0 aliphatic carbocycles. The Morgan fingerprint density at radius 2 is 0.352 bits per heavy atom. The zero-order chi connectivity index (χ0) is 37.9. The van der Waals surface area contributed by atoms with Gasteiger partial charge >= 0.3 is 0 Å². The number of rotatable bonds is 12. The van der Waals surface area contributed by atoms with E-state index in [1.807, 2.05) is 218 Å². The Morgan fingerprint density at radius 1 is 0.222 bits per heavy atom. The van der Waals surface area contributed by atoms with Gasteiger partial charge in [0.25, 0.3) is 0 Å². The first-order valence-corrected chi connectivity index (χ1v) is 17.5. The van der Waals surface area contributed by atoms with Crippen LogP contribution in [0.1, 0.15) is 33.4 Å². The lowest BCUT2D eigenvalue weighted by atomic mass is 10.1. The van der Waals surface area contributed by atoms with Crippen molar-refractivity contribution in [3.05, 3.63) is 252 Å². The average Bonchev–Trinajstić information content (AvgIpc) is 3.24. The van der Waals surface area contributed by atoms with Crippen molar-refractivity contribution >= 4 is 53.8 Å². The molecule has 0 saturated heterocycles. The fraction of sp³-hybridized carbons (Fsp3) is 0. The summed E-state index contributed by atoms with van der Waals surface area (Å²) in [4.78, 5) is 34.8. The van der Waals surface area contributed by atoms with Gasteiger partial charge < -0.3 is 0 Å². The molecule has 0 aromatic heterocycles. The van der Waals surface area contributed by atoms with Crippen LogP contribution in [0.3, 0.4) is 0 Å². The van der Waals surface area contributed by atoms with Gasteiger partial charge in [-0.2, -0.15) is 0 Å². The summed E-state index contributed by atoms with van der Waals surface area (Å²) >= 11 is 0. The highest BCUT2D eigenvalue weighted by molar-refractivity contribution is 6.05. The van der Waals surface area contributed by atoms with E-state index in [0.29, 0.717) is 0 Å². The van der Waals surface area contributed by atoms with Crippen molar-refractivity contribution in [1.29, 1.82) is 0 Å². The van der Waals surface area contributed by atoms with Crippen molar-refractivity contribution in [2.24, 2.45) is 0 Å². The molecule has 0 aliphatic rings. The molecular weight excluding hydrogens is 661 g/mol. The van der Waals surface area contributed by atoms with E-state index in [0.717, 1.165) is 33.4 Å². The Hall–Kier alpha value is -7.23. The van der Waals surface area contributed by atoms with Crippen LogP contribution in [-0.4, -0.2) is 17.3 Å². The third-order valence-corrected chi connectivity index (χ3v) is 7.44. The maximum Gasteiger partial charge on any atom is 0.178 e. The molecule has 0 spiro atoms. The van der Waals surface area contributed by atoms with Gasteiger partial charge in [-0.05, 0) is 69.8 Å². The zero-order valence-corrected chi connectivity index (χ0v) is 30.0. The van der Waals surface area contributed by atoms with Crippen molar-refractivity contribution < 1.29 is 14.4 Å². The van der Waals surface area contributed by atoms with Crippen LogP contribution in [0.15, 0.2) is 218 Å². The number of carbonyl (C=O) groups is 3. The number of carbonyl (C=O) groups excluding carboxylic acids is 3. The highest BCUT2D eigenvalue weighted by Gasteiger charge is 1.93. The van der Waals surface area contributed by atoms with Crippen molar-refractivity contribution in [2.45, 2.75) is 0 Å². The first-order valence-electron chi connectivity index (χ1n) is 17.5. The standard InChI is InChI=1S/3C17H14O/c3*18-17(13-11-15-7-3-1-4-8-15)14-12-16-9-5-2-6-10-16/h3*1-14H/b13-11+,14-12+;2*13-11-,14-12+. The molecule has 0 heterocycles. The van der Waals surface area contributed by atoms with Gasteiger partial charge in [0.2, 0.25) is 0 Å². The molecule has 0 N–H and O–H groups in total. The highest BCUT2D eigenvalue weighted by atomic mass is 16.1. The molecule has 0 atom stereocenters. The van der Waals surface area contributed by atoms with Crippen LogP contribution in [0.2, 0.25) is 0 Å². The summed E-state index contributed by atoms with van der Waals surface area (Å²) in [6.07, 6.45) is 20.4. The summed E-state index contributed by atoms with van der Waals surface area (Å²) in [7, 11) is 0. The van der Waals surface area contributed by atoms with Crippen LogP contribution < -0.4 is 0 Å². The maximum absolute atomic E-state index is 11.6. The van der Waals surface area contributed by atoms with Gasteiger partial charge in [-0.25, -0.2) is 0 Å². The Balaban J connectivity index is 0.000000180. The van der Waals surface area contributed by atoms with E-state index < -0.39 is 0 Å². The second-order valence-corrected chi connectivity index (χ2v) is 11.7. The molecule has 0 fully saturated rings. The molecule has 0 unspecified atom stereocenters. The largest absolute Gasteiger partial charge is 0.290 e. The molecular formula is C51H42O3. The lowest BCUT2D eigenvalue weighted by Gasteiger charge is -1.91. The maximum atomic E-state index is 11.6. The molecule has 0 radical (unpaired) electrons. The molecule has 0 saturated carbocycles. The molecule has 3 nitrogen and oxygen atoms in total. The predicted molar refractivity (Wildman–Crippen MR) is 228 cm³/mol. The van der Waals surface area contributed by atoms with Crippen LogP contribution in [0.4, 0.5) is 0 Å². The zero-order valence-electron chi connectivity index (χ0n) is 30.0. The minimum Gasteiger partial charge on any atom is -0.290 e.